The van der Waals surface area contributed by atoms with E-state index >= 15 is 0 Å². The molecule has 0 unspecified atom stereocenters. The van der Waals surface area contributed by atoms with Crippen molar-refractivity contribution in [3.05, 3.63) is 59.3 Å². The highest BCUT2D eigenvalue weighted by atomic mass is 16.6. The van der Waals surface area contributed by atoms with Crippen molar-refractivity contribution in [2.45, 2.75) is 26.2 Å². The molecule has 2 heterocycles. The van der Waals surface area contributed by atoms with E-state index in [9.17, 15) is 9.59 Å². The topological polar surface area (TPSA) is 86.7 Å². The number of rotatable bonds is 8. The van der Waals surface area contributed by atoms with E-state index in [1.807, 2.05) is 11.8 Å². The van der Waals surface area contributed by atoms with Gasteiger partial charge in [0.05, 0.1) is 13.7 Å². The molecule has 2 aromatic rings. The number of amides is 1. The van der Waals surface area contributed by atoms with Crippen LogP contribution in [0.15, 0.2) is 53.2 Å². The average molecular weight is 465 g/mol. The van der Waals surface area contributed by atoms with Crippen molar-refractivity contribution < 1.29 is 28.5 Å². The number of hydrogen-bond donors (Lipinski definition) is 0. The number of esters is 1. The van der Waals surface area contributed by atoms with Crippen LogP contribution in [0, 0.1) is 0 Å². The molecule has 2 aliphatic rings. The highest BCUT2D eigenvalue weighted by Crippen LogP contribution is 2.30. The van der Waals surface area contributed by atoms with Gasteiger partial charge in [-0.3, -0.25) is 4.79 Å². The molecule has 2 aromatic carbocycles. The Morgan fingerprint density at radius 1 is 1.06 bits per heavy atom. The summed E-state index contributed by atoms with van der Waals surface area (Å²) < 4.78 is 22.0. The van der Waals surface area contributed by atoms with Gasteiger partial charge < -0.3 is 23.8 Å². The predicted octanol–water partition coefficient (Wildman–Crippen LogP) is 3.83. The second-order valence-corrected chi connectivity index (χ2v) is 7.93. The van der Waals surface area contributed by atoms with Gasteiger partial charge in [-0.1, -0.05) is 6.07 Å². The normalized spacial score (nSPS) is 16.8. The zero-order valence-corrected chi connectivity index (χ0v) is 19.4. The molecule has 0 radical (unpaired) electrons. The first-order valence-corrected chi connectivity index (χ1v) is 11.4. The van der Waals surface area contributed by atoms with Crippen molar-refractivity contribution in [3.8, 4) is 17.2 Å². The average Bonchev–Trinajstić information content (AvgIpc) is 3.24. The van der Waals surface area contributed by atoms with Crippen molar-refractivity contribution in [2.24, 2.45) is 4.99 Å². The van der Waals surface area contributed by atoms with Gasteiger partial charge in [0.1, 0.15) is 5.75 Å². The molecular formula is C26H28N2O6. The van der Waals surface area contributed by atoms with Crippen molar-refractivity contribution >= 4 is 23.9 Å². The van der Waals surface area contributed by atoms with Crippen LogP contribution in [0.4, 0.5) is 0 Å². The molecule has 2 aliphatic heterocycles. The molecule has 0 aliphatic carbocycles. The van der Waals surface area contributed by atoms with Gasteiger partial charge in [-0.15, -0.1) is 0 Å². The van der Waals surface area contributed by atoms with E-state index in [2.05, 4.69) is 4.99 Å². The Morgan fingerprint density at radius 3 is 2.53 bits per heavy atom. The van der Waals surface area contributed by atoms with E-state index < -0.39 is 5.97 Å². The molecule has 0 bridgehead atoms. The smallest absolute Gasteiger partial charge is 0.363 e. The number of carbonyl (C=O) groups excluding carboxylic acids is 2. The highest BCUT2D eigenvalue weighted by molar-refractivity contribution is 6.12. The lowest BCUT2D eigenvalue weighted by molar-refractivity contribution is -0.134. The number of ether oxygens (including phenoxy) is 4. The molecule has 8 nitrogen and oxygen atoms in total. The molecule has 1 fully saturated rings. The number of carbonyl (C=O) groups is 2. The first kappa shape index (κ1) is 23.4. The van der Waals surface area contributed by atoms with Crippen molar-refractivity contribution in [1.82, 2.24) is 4.90 Å². The molecule has 0 N–H and O–H groups in total. The summed E-state index contributed by atoms with van der Waals surface area (Å²) in [5.74, 6) is 1.35. The van der Waals surface area contributed by atoms with Crippen molar-refractivity contribution in [1.29, 1.82) is 0 Å². The first-order valence-electron chi connectivity index (χ1n) is 11.4. The standard InChI is InChI=1S/C26H28N2O6/c1-3-32-23-16-18(7-12-22(23)33-17-24(29)28-13-5-4-6-14-28)15-21-26(30)34-25(27-21)19-8-10-20(31-2)11-9-19/h7-12,15-16H,3-6,13-14,17H2,1-2H3/b21-15-. The number of likely N-dealkylation sites (tertiary alicyclic amines) is 1. The molecule has 0 spiro atoms. The maximum Gasteiger partial charge on any atom is 0.363 e. The summed E-state index contributed by atoms with van der Waals surface area (Å²) in [6.07, 6.45) is 4.86. The van der Waals surface area contributed by atoms with E-state index in [0.717, 1.165) is 32.4 Å². The fourth-order valence-electron chi connectivity index (χ4n) is 3.80. The summed E-state index contributed by atoms with van der Waals surface area (Å²) in [6, 6.07) is 12.4. The maximum atomic E-state index is 12.4. The zero-order chi connectivity index (χ0) is 23.9. The zero-order valence-electron chi connectivity index (χ0n) is 19.4. The number of hydrogen-bond acceptors (Lipinski definition) is 7. The van der Waals surface area contributed by atoms with Crippen LogP contribution in [0.1, 0.15) is 37.3 Å². The Hall–Kier alpha value is -3.81. The number of aliphatic imine (C=N–C) groups is 1. The van der Waals surface area contributed by atoms with Crippen LogP contribution in [0.2, 0.25) is 0 Å². The molecule has 8 heteroatoms. The van der Waals surface area contributed by atoms with Crippen LogP contribution in [-0.2, 0) is 14.3 Å². The number of methoxy groups -OCH3 is 1. The maximum absolute atomic E-state index is 12.4. The van der Waals surface area contributed by atoms with Crippen LogP contribution in [-0.4, -0.2) is 56.1 Å². The minimum Gasteiger partial charge on any atom is -0.497 e. The Labute approximate surface area is 198 Å². The van der Waals surface area contributed by atoms with Crippen molar-refractivity contribution in [2.75, 3.05) is 33.4 Å². The molecule has 1 amide bonds. The number of benzene rings is 2. The van der Waals surface area contributed by atoms with Gasteiger partial charge in [0.15, 0.2) is 23.8 Å². The summed E-state index contributed by atoms with van der Waals surface area (Å²) in [7, 11) is 1.59. The Morgan fingerprint density at radius 2 is 1.82 bits per heavy atom. The molecule has 34 heavy (non-hydrogen) atoms. The molecule has 0 saturated carbocycles. The van der Waals surface area contributed by atoms with Crippen molar-refractivity contribution in [3.63, 3.8) is 0 Å². The van der Waals surface area contributed by atoms with Gasteiger partial charge in [0.25, 0.3) is 5.91 Å². The minimum absolute atomic E-state index is 0.0255. The third-order valence-electron chi connectivity index (χ3n) is 5.59. The lowest BCUT2D eigenvalue weighted by Gasteiger charge is -2.26. The van der Waals surface area contributed by atoms with E-state index in [-0.39, 0.29) is 24.1 Å². The second-order valence-electron chi connectivity index (χ2n) is 7.93. The molecule has 0 aromatic heterocycles. The summed E-state index contributed by atoms with van der Waals surface area (Å²) in [5, 5.41) is 0. The predicted molar refractivity (Wildman–Crippen MR) is 127 cm³/mol. The van der Waals surface area contributed by atoms with Crippen LogP contribution < -0.4 is 14.2 Å². The van der Waals surface area contributed by atoms with Gasteiger partial charge in [-0.05, 0) is 74.2 Å². The summed E-state index contributed by atoms with van der Waals surface area (Å²) in [6.45, 7) is 3.82. The molecular weight excluding hydrogens is 436 g/mol. The second kappa shape index (κ2) is 10.9. The van der Waals surface area contributed by atoms with Gasteiger partial charge >= 0.3 is 5.97 Å². The monoisotopic (exact) mass is 464 g/mol. The van der Waals surface area contributed by atoms with Crippen LogP contribution in [0.5, 0.6) is 17.2 Å². The van der Waals surface area contributed by atoms with Gasteiger partial charge in [0.2, 0.25) is 5.90 Å². The minimum atomic E-state index is -0.531. The Kier molecular flexibility index (Phi) is 7.47. The SMILES string of the molecule is CCOc1cc(/C=C2\N=C(c3ccc(OC)cc3)OC2=O)ccc1OCC(=O)N1CCCCC1. The van der Waals surface area contributed by atoms with E-state index in [4.69, 9.17) is 18.9 Å². The van der Waals surface area contributed by atoms with E-state index in [1.54, 1.807) is 55.7 Å². The van der Waals surface area contributed by atoms with Gasteiger partial charge in [-0.25, -0.2) is 9.79 Å². The Balaban J connectivity index is 1.49. The summed E-state index contributed by atoms with van der Waals surface area (Å²) >= 11 is 0. The van der Waals surface area contributed by atoms with E-state index in [1.165, 1.54) is 0 Å². The van der Waals surface area contributed by atoms with Crippen LogP contribution >= 0.6 is 0 Å². The lowest BCUT2D eigenvalue weighted by atomic mass is 10.1. The number of piperidine rings is 1. The summed E-state index contributed by atoms with van der Waals surface area (Å²) in [4.78, 5) is 31.0. The van der Waals surface area contributed by atoms with E-state index in [0.29, 0.717) is 35.0 Å². The van der Waals surface area contributed by atoms with Gasteiger partial charge in [0, 0.05) is 18.7 Å². The number of cyclic esters (lactones) is 1. The molecule has 0 atom stereocenters. The van der Waals surface area contributed by atoms with Crippen LogP contribution in [0.25, 0.3) is 6.08 Å². The lowest BCUT2D eigenvalue weighted by Crippen LogP contribution is -2.38. The summed E-state index contributed by atoms with van der Waals surface area (Å²) in [5.41, 5.74) is 1.56. The third-order valence-corrected chi connectivity index (χ3v) is 5.59. The van der Waals surface area contributed by atoms with Gasteiger partial charge in [-0.2, -0.15) is 0 Å². The first-order chi connectivity index (χ1) is 16.6. The number of nitrogens with zero attached hydrogens (tertiary/aromatic N) is 2. The quantitative estimate of drug-likeness (QED) is 0.436. The molecule has 178 valence electrons. The fourth-order valence-corrected chi connectivity index (χ4v) is 3.80. The molecule has 1 saturated heterocycles. The Bertz CT molecular complexity index is 1100. The molecule has 4 rings (SSSR count). The fraction of sp³-hybridized carbons (Fsp3) is 0.346. The largest absolute Gasteiger partial charge is 0.497 e. The van der Waals surface area contributed by atoms with Crippen LogP contribution in [0.3, 0.4) is 0 Å². The highest BCUT2D eigenvalue weighted by Gasteiger charge is 2.24. The third kappa shape index (κ3) is 5.57.